The fraction of sp³-hybridized carbons (Fsp3) is 1.00. The van der Waals surface area contributed by atoms with Gasteiger partial charge in [-0.25, -0.2) is 0 Å². The fourth-order valence-electron chi connectivity index (χ4n) is 3.36. The maximum atomic E-state index is 10.5. The average Bonchev–Trinajstić information content (AvgIpc) is 3.10. The Labute approximate surface area is 140 Å². The van der Waals surface area contributed by atoms with Gasteiger partial charge in [0.15, 0.2) is 6.29 Å². The second kappa shape index (κ2) is 8.26. The SMILES string of the molecule is CCCC(C)OC1CO[C@@H]2C(OC(O)C(C)(CC)CC)CO[C@H]12. The van der Waals surface area contributed by atoms with E-state index in [1.54, 1.807) is 0 Å². The second-order valence-corrected chi connectivity index (χ2v) is 7.26. The summed E-state index contributed by atoms with van der Waals surface area (Å²) < 4.78 is 23.7. The van der Waals surface area contributed by atoms with Gasteiger partial charge >= 0.3 is 0 Å². The summed E-state index contributed by atoms with van der Waals surface area (Å²) >= 11 is 0. The van der Waals surface area contributed by atoms with Gasteiger partial charge in [0, 0.05) is 5.41 Å². The molecule has 0 amide bonds. The number of fused-ring (bicyclic) bond motifs is 1. The molecule has 2 heterocycles. The minimum absolute atomic E-state index is 0.0315. The summed E-state index contributed by atoms with van der Waals surface area (Å²) in [4.78, 5) is 0. The molecule has 23 heavy (non-hydrogen) atoms. The lowest BCUT2D eigenvalue weighted by molar-refractivity contribution is -0.212. The molecule has 0 radical (unpaired) electrons. The summed E-state index contributed by atoms with van der Waals surface area (Å²) in [6.07, 6.45) is 2.82. The van der Waals surface area contributed by atoms with Crippen LogP contribution in [0, 0.1) is 5.41 Å². The summed E-state index contributed by atoms with van der Waals surface area (Å²) in [5.74, 6) is 0. The van der Waals surface area contributed by atoms with Crippen molar-refractivity contribution in [3.63, 3.8) is 0 Å². The molecule has 2 fully saturated rings. The minimum atomic E-state index is -0.799. The lowest BCUT2D eigenvalue weighted by atomic mass is 9.84. The first-order valence-corrected chi connectivity index (χ1v) is 9.17. The quantitative estimate of drug-likeness (QED) is 0.659. The van der Waals surface area contributed by atoms with Crippen molar-refractivity contribution in [2.75, 3.05) is 13.2 Å². The van der Waals surface area contributed by atoms with Crippen molar-refractivity contribution in [2.24, 2.45) is 5.41 Å². The maximum absolute atomic E-state index is 10.5. The van der Waals surface area contributed by atoms with E-state index in [9.17, 15) is 5.11 Å². The lowest BCUT2D eigenvalue weighted by Crippen LogP contribution is -2.41. The van der Waals surface area contributed by atoms with Gasteiger partial charge in [-0.1, -0.05) is 34.1 Å². The van der Waals surface area contributed by atoms with Crippen LogP contribution in [0.25, 0.3) is 0 Å². The van der Waals surface area contributed by atoms with E-state index in [0.29, 0.717) is 13.2 Å². The molecule has 6 atom stereocenters. The molecule has 2 aliphatic rings. The zero-order valence-corrected chi connectivity index (χ0v) is 15.3. The lowest BCUT2D eigenvalue weighted by Gasteiger charge is -2.34. The molecule has 0 aromatic heterocycles. The van der Waals surface area contributed by atoms with Gasteiger partial charge in [-0.2, -0.15) is 0 Å². The van der Waals surface area contributed by atoms with Crippen LogP contribution >= 0.6 is 0 Å². The largest absolute Gasteiger partial charge is 0.370 e. The third-order valence-electron chi connectivity index (χ3n) is 5.58. The first-order chi connectivity index (χ1) is 10.9. The van der Waals surface area contributed by atoms with E-state index in [0.717, 1.165) is 25.7 Å². The number of ether oxygens (including phenoxy) is 4. The molecule has 0 aromatic carbocycles. The van der Waals surface area contributed by atoms with E-state index in [1.165, 1.54) is 0 Å². The summed E-state index contributed by atoms with van der Waals surface area (Å²) in [6, 6.07) is 0. The van der Waals surface area contributed by atoms with Gasteiger partial charge in [-0.05, 0) is 26.2 Å². The summed E-state index contributed by atoms with van der Waals surface area (Å²) in [6.45, 7) is 11.5. The predicted molar refractivity (Wildman–Crippen MR) is 88.3 cm³/mol. The third kappa shape index (κ3) is 4.26. The third-order valence-corrected chi connectivity index (χ3v) is 5.58. The van der Waals surface area contributed by atoms with E-state index in [2.05, 4.69) is 34.6 Å². The van der Waals surface area contributed by atoms with Crippen LogP contribution in [-0.4, -0.2) is 55.1 Å². The number of aliphatic hydroxyl groups is 1. The van der Waals surface area contributed by atoms with Gasteiger partial charge in [-0.15, -0.1) is 0 Å². The monoisotopic (exact) mass is 330 g/mol. The van der Waals surface area contributed by atoms with Gasteiger partial charge in [-0.3, -0.25) is 0 Å². The first kappa shape index (κ1) is 19.1. The van der Waals surface area contributed by atoms with Gasteiger partial charge in [0.1, 0.15) is 24.4 Å². The second-order valence-electron chi connectivity index (χ2n) is 7.26. The number of aliphatic hydroxyl groups excluding tert-OH is 1. The topological polar surface area (TPSA) is 57.2 Å². The molecule has 2 aliphatic heterocycles. The van der Waals surface area contributed by atoms with Crippen molar-refractivity contribution in [3.05, 3.63) is 0 Å². The zero-order chi connectivity index (χ0) is 17.0. The van der Waals surface area contributed by atoms with E-state index >= 15 is 0 Å². The summed E-state index contributed by atoms with van der Waals surface area (Å²) in [5.41, 5.74) is -0.234. The van der Waals surface area contributed by atoms with Crippen LogP contribution in [0.3, 0.4) is 0 Å². The molecule has 0 aromatic rings. The van der Waals surface area contributed by atoms with Gasteiger partial charge < -0.3 is 24.1 Å². The molecule has 1 N–H and O–H groups in total. The molecule has 5 heteroatoms. The van der Waals surface area contributed by atoms with Crippen molar-refractivity contribution < 1.29 is 24.1 Å². The van der Waals surface area contributed by atoms with Crippen molar-refractivity contribution in [2.45, 2.75) is 97.1 Å². The van der Waals surface area contributed by atoms with Crippen molar-refractivity contribution in [1.29, 1.82) is 0 Å². The molecule has 0 aliphatic carbocycles. The van der Waals surface area contributed by atoms with Crippen LogP contribution in [0.5, 0.6) is 0 Å². The van der Waals surface area contributed by atoms with Crippen molar-refractivity contribution in [3.8, 4) is 0 Å². The molecule has 2 saturated heterocycles. The van der Waals surface area contributed by atoms with Crippen LogP contribution in [-0.2, 0) is 18.9 Å². The van der Waals surface area contributed by atoms with Crippen LogP contribution in [0.4, 0.5) is 0 Å². The number of hydrogen-bond donors (Lipinski definition) is 1. The highest BCUT2D eigenvalue weighted by atomic mass is 16.7. The Kier molecular flexibility index (Phi) is 6.87. The molecule has 5 nitrogen and oxygen atoms in total. The Balaban J connectivity index is 1.89. The zero-order valence-electron chi connectivity index (χ0n) is 15.3. The maximum Gasteiger partial charge on any atom is 0.160 e. The highest BCUT2D eigenvalue weighted by Crippen LogP contribution is 2.36. The number of hydrogen-bond acceptors (Lipinski definition) is 5. The van der Waals surface area contributed by atoms with Crippen molar-refractivity contribution >= 4 is 0 Å². The Morgan fingerprint density at radius 2 is 1.57 bits per heavy atom. The van der Waals surface area contributed by atoms with E-state index in [-0.39, 0.29) is 35.9 Å². The van der Waals surface area contributed by atoms with Crippen LogP contribution in [0.15, 0.2) is 0 Å². The fourth-order valence-corrected chi connectivity index (χ4v) is 3.36. The normalized spacial score (nSPS) is 33.7. The predicted octanol–water partition coefficient (Wildman–Crippen LogP) is 2.89. The van der Waals surface area contributed by atoms with E-state index < -0.39 is 6.29 Å². The smallest absolute Gasteiger partial charge is 0.160 e. The number of rotatable bonds is 9. The standard InChI is InChI=1S/C18H34O5/c1-6-9-12(4)22-13-10-20-16-14(11-21-15(13)16)23-17(19)18(5,7-2)8-3/h12-17,19H,6-11H2,1-5H3/t12?,13?,14?,15-,16-,17?/m1/s1. The molecule has 136 valence electrons. The van der Waals surface area contributed by atoms with Gasteiger partial charge in [0.05, 0.1) is 19.3 Å². The Bertz CT molecular complexity index is 357. The minimum Gasteiger partial charge on any atom is -0.370 e. The molecular weight excluding hydrogens is 296 g/mol. The van der Waals surface area contributed by atoms with Crippen molar-refractivity contribution in [1.82, 2.24) is 0 Å². The Hall–Kier alpha value is -0.200. The van der Waals surface area contributed by atoms with Crippen LogP contribution < -0.4 is 0 Å². The highest BCUT2D eigenvalue weighted by molar-refractivity contribution is 4.96. The van der Waals surface area contributed by atoms with Gasteiger partial charge in [0.2, 0.25) is 0 Å². The Morgan fingerprint density at radius 3 is 2.04 bits per heavy atom. The Morgan fingerprint density at radius 1 is 1.04 bits per heavy atom. The molecule has 0 bridgehead atoms. The average molecular weight is 330 g/mol. The first-order valence-electron chi connectivity index (χ1n) is 9.17. The van der Waals surface area contributed by atoms with E-state index in [1.807, 2.05) is 0 Å². The van der Waals surface area contributed by atoms with Gasteiger partial charge in [0.25, 0.3) is 0 Å². The molecular formula is C18H34O5. The molecule has 4 unspecified atom stereocenters. The molecule has 0 spiro atoms. The molecule has 0 saturated carbocycles. The summed E-state index contributed by atoms with van der Waals surface area (Å²) in [5, 5.41) is 10.5. The van der Waals surface area contributed by atoms with Crippen LogP contribution in [0.1, 0.15) is 60.3 Å². The summed E-state index contributed by atoms with van der Waals surface area (Å²) in [7, 11) is 0. The molecule has 2 rings (SSSR count). The van der Waals surface area contributed by atoms with Crippen LogP contribution in [0.2, 0.25) is 0 Å². The van der Waals surface area contributed by atoms with E-state index in [4.69, 9.17) is 18.9 Å². The highest BCUT2D eigenvalue weighted by Gasteiger charge is 2.50.